The first-order valence-electron chi connectivity index (χ1n) is 7.50. The number of carbonyl (C=O) groups is 2. The Morgan fingerprint density at radius 2 is 1.92 bits per heavy atom. The van der Waals surface area contributed by atoms with E-state index in [-0.39, 0.29) is 12.1 Å². The molecule has 0 saturated carbocycles. The van der Waals surface area contributed by atoms with Crippen LogP contribution in [0.4, 0.5) is 10.5 Å². The smallest absolute Gasteiger partial charge is 0.415 e. The number of nitrogens with zero attached hydrogens (tertiary/aromatic N) is 2. The largest absolute Gasteiger partial charge is 0.478 e. The number of aromatic carboxylic acids is 1. The molecule has 24 heavy (non-hydrogen) atoms. The number of pyridine rings is 1. The molecule has 126 valence electrons. The molecule has 0 atom stereocenters. The average molecular weight is 328 g/mol. The van der Waals surface area contributed by atoms with Crippen LogP contribution in [-0.2, 0) is 11.3 Å². The van der Waals surface area contributed by atoms with Crippen molar-refractivity contribution in [3.05, 3.63) is 59.9 Å². The lowest BCUT2D eigenvalue weighted by atomic mass is 10.2. The fourth-order valence-corrected chi connectivity index (χ4v) is 2.04. The van der Waals surface area contributed by atoms with E-state index in [1.807, 2.05) is 6.07 Å². The fourth-order valence-electron chi connectivity index (χ4n) is 2.04. The Kier molecular flexibility index (Phi) is 5.18. The SMILES string of the molecule is CC(C)(C)OC(=O)N(Cc1ccccn1)c1cccc(C(=O)O)c1. The van der Waals surface area contributed by atoms with Gasteiger partial charge in [-0.05, 0) is 51.1 Å². The zero-order valence-electron chi connectivity index (χ0n) is 13.9. The molecule has 0 bridgehead atoms. The molecule has 0 aliphatic rings. The summed E-state index contributed by atoms with van der Waals surface area (Å²) < 4.78 is 5.44. The maximum Gasteiger partial charge on any atom is 0.415 e. The Bertz CT molecular complexity index is 723. The van der Waals surface area contributed by atoms with Gasteiger partial charge in [0.1, 0.15) is 5.60 Å². The predicted molar refractivity (Wildman–Crippen MR) is 90.1 cm³/mol. The van der Waals surface area contributed by atoms with Crippen LogP contribution in [0.15, 0.2) is 48.7 Å². The molecule has 1 aromatic carbocycles. The first-order valence-corrected chi connectivity index (χ1v) is 7.50. The van der Waals surface area contributed by atoms with E-state index in [2.05, 4.69) is 4.98 Å². The Balaban J connectivity index is 2.36. The molecule has 0 radical (unpaired) electrons. The van der Waals surface area contributed by atoms with Crippen LogP contribution in [0.25, 0.3) is 0 Å². The third-order valence-corrected chi connectivity index (χ3v) is 3.06. The van der Waals surface area contributed by atoms with Gasteiger partial charge in [0.15, 0.2) is 0 Å². The lowest BCUT2D eigenvalue weighted by Gasteiger charge is -2.27. The molecule has 1 aromatic heterocycles. The van der Waals surface area contributed by atoms with Crippen molar-refractivity contribution in [1.82, 2.24) is 4.98 Å². The van der Waals surface area contributed by atoms with Crippen LogP contribution in [0.2, 0.25) is 0 Å². The second kappa shape index (κ2) is 7.12. The monoisotopic (exact) mass is 328 g/mol. The predicted octanol–water partition coefficient (Wildman–Crippen LogP) is 3.72. The number of carboxylic acids is 1. The van der Waals surface area contributed by atoms with E-state index < -0.39 is 17.7 Å². The summed E-state index contributed by atoms with van der Waals surface area (Å²) in [5.41, 5.74) is 0.546. The Labute approximate surface area is 140 Å². The lowest BCUT2D eigenvalue weighted by Crippen LogP contribution is -2.36. The highest BCUT2D eigenvalue weighted by Gasteiger charge is 2.24. The van der Waals surface area contributed by atoms with E-state index in [0.29, 0.717) is 11.4 Å². The van der Waals surface area contributed by atoms with Crippen molar-refractivity contribution >= 4 is 17.7 Å². The molecule has 0 aliphatic heterocycles. The summed E-state index contributed by atoms with van der Waals surface area (Å²) in [6, 6.07) is 11.6. The second-order valence-electron chi connectivity index (χ2n) is 6.24. The number of carbonyl (C=O) groups excluding carboxylic acids is 1. The third kappa shape index (κ3) is 4.81. The maximum absolute atomic E-state index is 12.6. The van der Waals surface area contributed by atoms with Gasteiger partial charge in [0.25, 0.3) is 0 Å². The van der Waals surface area contributed by atoms with Gasteiger partial charge in [-0.25, -0.2) is 9.59 Å². The standard InChI is InChI=1S/C18H20N2O4/c1-18(2,3)24-17(23)20(12-14-8-4-5-10-19-14)15-9-6-7-13(11-15)16(21)22/h4-11H,12H2,1-3H3,(H,21,22). The van der Waals surface area contributed by atoms with Crippen molar-refractivity contribution in [1.29, 1.82) is 0 Å². The molecule has 1 N–H and O–H groups in total. The molecule has 2 aromatic rings. The summed E-state index contributed by atoms with van der Waals surface area (Å²) in [5.74, 6) is -1.06. The molecular weight excluding hydrogens is 308 g/mol. The summed E-state index contributed by atoms with van der Waals surface area (Å²) in [5, 5.41) is 9.16. The first-order chi connectivity index (χ1) is 11.3. The summed E-state index contributed by atoms with van der Waals surface area (Å²) in [6.07, 6.45) is 1.08. The zero-order chi connectivity index (χ0) is 17.7. The van der Waals surface area contributed by atoms with E-state index in [0.717, 1.165) is 0 Å². The number of hydrogen-bond acceptors (Lipinski definition) is 4. The number of anilines is 1. The highest BCUT2D eigenvalue weighted by molar-refractivity contribution is 5.92. The number of ether oxygens (including phenoxy) is 1. The van der Waals surface area contributed by atoms with Crippen molar-refractivity contribution in [2.24, 2.45) is 0 Å². The minimum Gasteiger partial charge on any atom is -0.478 e. The molecule has 0 unspecified atom stereocenters. The molecule has 0 fully saturated rings. The summed E-state index contributed by atoms with van der Waals surface area (Å²) in [4.78, 5) is 29.3. The second-order valence-corrected chi connectivity index (χ2v) is 6.24. The Hall–Kier alpha value is -2.89. The maximum atomic E-state index is 12.6. The van der Waals surface area contributed by atoms with Gasteiger partial charge in [-0.3, -0.25) is 9.88 Å². The molecule has 6 nitrogen and oxygen atoms in total. The molecule has 0 spiro atoms. The molecule has 0 saturated heterocycles. The van der Waals surface area contributed by atoms with Gasteiger partial charge < -0.3 is 9.84 Å². The van der Waals surface area contributed by atoms with Crippen LogP contribution in [0.3, 0.4) is 0 Å². The van der Waals surface area contributed by atoms with Crippen molar-refractivity contribution in [2.75, 3.05) is 4.90 Å². The number of carboxylic acid groups (broad SMARTS) is 1. The minimum absolute atomic E-state index is 0.0991. The summed E-state index contributed by atoms with van der Waals surface area (Å²) in [7, 11) is 0. The Morgan fingerprint density at radius 1 is 1.17 bits per heavy atom. The van der Waals surface area contributed by atoms with Crippen LogP contribution >= 0.6 is 0 Å². The van der Waals surface area contributed by atoms with Crippen LogP contribution in [-0.4, -0.2) is 27.8 Å². The van der Waals surface area contributed by atoms with E-state index >= 15 is 0 Å². The van der Waals surface area contributed by atoms with Gasteiger partial charge >= 0.3 is 12.1 Å². The molecule has 0 aliphatic carbocycles. The summed E-state index contributed by atoms with van der Waals surface area (Å²) >= 11 is 0. The van der Waals surface area contributed by atoms with E-state index in [4.69, 9.17) is 9.84 Å². The van der Waals surface area contributed by atoms with Gasteiger partial charge in [0.05, 0.1) is 17.8 Å². The third-order valence-electron chi connectivity index (χ3n) is 3.06. The number of amides is 1. The van der Waals surface area contributed by atoms with Crippen LogP contribution < -0.4 is 4.90 Å². The number of benzene rings is 1. The van der Waals surface area contributed by atoms with Gasteiger partial charge in [0.2, 0.25) is 0 Å². The van der Waals surface area contributed by atoms with Gasteiger partial charge in [-0.2, -0.15) is 0 Å². The topological polar surface area (TPSA) is 79.7 Å². The highest BCUT2D eigenvalue weighted by Crippen LogP contribution is 2.21. The van der Waals surface area contributed by atoms with Crippen molar-refractivity contribution in [2.45, 2.75) is 32.9 Å². The van der Waals surface area contributed by atoms with E-state index in [9.17, 15) is 9.59 Å². The first kappa shape index (κ1) is 17.5. The quantitative estimate of drug-likeness (QED) is 0.925. The van der Waals surface area contributed by atoms with Crippen LogP contribution in [0.1, 0.15) is 36.8 Å². The lowest BCUT2D eigenvalue weighted by molar-refractivity contribution is 0.0575. The Morgan fingerprint density at radius 3 is 2.50 bits per heavy atom. The summed E-state index contributed by atoms with van der Waals surface area (Å²) in [6.45, 7) is 5.51. The number of rotatable bonds is 4. The van der Waals surface area contributed by atoms with E-state index in [1.165, 1.54) is 17.0 Å². The highest BCUT2D eigenvalue weighted by atomic mass is 16.6. The molecule has 6 heteroatoms. The van der Waals surface area contributed by atoms with Crippen LogP contribution in [0, 0.1) is 0 Å². The number of aromatic nitrogens is 1. The van der Waals surface area contributed by atoms with Gasteiger partial charge in [-0.15, -0.1) is 0 Å². The zero-order valence-corrected chi connectivity index (χ0v) is 13.9. The van der Waals surface area contributed by atoms with Crippen molar-refractivity contribution in [3.8, 4) is 0 Å². The van der Waals surface area contributed by atoms with Crippen LogP contribution in [0.5, 0.6) is 0 Å². The van der Waals surface area contributed by atoms with Gasteiger partial charge in [0, 0.05) is 11.9 Å². The average Bonchev–Trinajstić information content (AvgIpc) is 2.52. The fraction of sp³-hybridized carbons (Fsp3) is 0.278. The van der Waals surface area contributed by atoms with Crippen molar-refractivity contribution < 1.29 is 19.4 Å². The van der Waals surface area contributed by atoms with E-state index in [1.54, 1.807) is 51.2 Å². The molecule has 1 amide bonds. The van der Waals surface area contributed by atoms with Crippen molar-refractivity contribution in [3.63, 3.8) is 0 Å². The molecule has 2 rings (SSSR count). The minimum atomic E-state index is -1.06. The molecular formula is C18H20N2O4. The number of hydrogen-bond donors (Lipinski definition) is 1. The normalized spacial score (nSPS) is 11.0. The molecule has 1 heterocycles. The van der Waals surface area contributed by atoms with Gasteiger partial charge in [-0.1, -0.05) is 12.1 Å².